The van der Waals surface area contributed by atoms with Gasteiger partial charge in [0.2, 0.25) is 5.78 Å². The van der Waals surface area contributed by atoms with E-state index in [4.69, 9.17) is 23.2 Å². The molecule has 3 aromatic carbocycles. The molecule has 39 heavy (non-hydrogen) atoms. The summed E-state index contributed by atoms with van der Waals surface area (Å²) in [6, 6.07) is 13.7. The minimum Gasteiger partial charge on any atom is -0.323 e. The van der Waals surface area contributed by atoms with Crippen molar-refractivity contribution in [2.24, 2.45) is 0 Å². The molecule has 2 heterocycles. The molecule has 0 fully saturated rings. The fourth-order valence-corrected chi connectivity index (χ4v) is 5.45. The number of carbonyl (C=O) groups is 2. The van der Waals surface area contributed by atoms with Crippen LogP contribution in [0.25, 0.3) is 11.0 Å². The second-order valence-electron chi connectivity index (χ2n) is 8.11. The fraction of sp³-hybridized carbons (Fsp3) is 0. The molecule has 1 N–H and O–H groups in total. The first-order chi connectivity index (χ1) is 18.7. The van der Waals surface area contributed by atoms with Crippen LogP contribution in [0.1, 0.15) is 26.3 Å². The summed E-state index contributed by atoms with van der Waals surface area (Å²) in [7, 11) is 0. The number of anilines is 1. The van der Waals surface area contributed by atoms with Crippen molar-refractivity contribution < 1.29 is 22.8 Å². The first-order valence-electron chi connectivity index (χ1n) is 11.0. The predicted molar refractivity (Wildman–Crippen MR) is 149 cm³/mol. The zero-order valence-electron chi connectivity index (χ0n) is 19.3. The summed E-state index contributed by atoms with van der Waals surface area (Å²) in [5.41, 5.74) is -1.19. The second kappa shape index (κ2) is 11.1. The van der Waals surface area contributed by atoms with E-state index < -0.39 is 34.7 Å². The summed E-state index contributed by atoms with van der Waals surface area (Å²) < 4.78 is 48.1. The van der Waals surface area contributed by atoms with Crippen LogP contribution in [-0.2, 0) is 0 Å². The number of hydrogen-bond acceptors (Lipinski definition) is 5. The zero-order chi connectivity index (χ0) is 27.8. The van der Waals surface area contributed by atoms with E-state index in [1.807, 2.05) is 0 Å². The van der Waals surface area contributed by atoms with Crippen molar-refractivity contribution in [1.29, 1.82) is 0 Å². The maximum atomic E-state index is 15.5. The Hall–Kier alpha value is -3.31. The lowest BCUT2D eigenvalue weighted by Gasteiger charge is -2.10. The summed E-state index contributed by atoms with van der Waals surface area (Å²) in [6.45, 7) is 0. The van der Waals surface area contributed by atoms with E-state index >= 15 is 4.39 Å². The average Bonchev–Trinajstić information content (AvgIpc) is 3.27. The molecule has 0 aliphatic heterocycles. The Bertz CT molecular complexity index is 1780. The summed E-state index contributed by atoms with van der Waals surface area (Å²) >= 11 is 16.6. The van der Waals surface area contributed by atoms with E-state index in [-0.39, 0.29) is 37.9 Å². The van der Waals surface area contributed by atoms with E-state index in [0.29, 0.717) is 9.37 Å². The molecule has 0 unspecified atom stereocenters. The van der Waals surface area contributed by atoms with E-state index in [1.165, 1.54) is 42.6 Å². The van der Waals surface area contributed by atoms with Crippen LogP contribution in [0, 0.1) is 17.5 Å². The van der Waals surface area contributed by atoms with Crippen molar-refractivity contribution in [2.75, 3.05) is 4.72 Å². The van der Waals surface area contributed by atoms with Crippen LogP contribution in [0.3, 0.4) is 0 Å². The number of nitrogens with zero attached hydrogens (tertiary/aromatic N) is 2. The molecule has 2 aromatic heterocycles. The van der Waals surface area contributed by atoms with Crippen molar-refractivity contribution in [1.82, 2.24) is 9.55 Å². The number of nitrogens with one attached hydrogen (secondary N) is 1. The molecule has 0 radical (unpaired) electrons. The van der Waals surface area contributed by atoms with Crippen LogP contribution in [-0.4, -0.2) is 21.2 Å². The molecule has 5 aromatic rings. The molecular weight excluding hydrogens is 638 g/mol. The van der Waals surface area contributed by atoms with Crippen molar-refractivity contribution >= 4 is 79.5 Å². The SMILES string of the molecule is O=C(c1c(F)ccc(NSc2cccc(F)c2)c1F)c1cn(C(=O)c2c(Cl)cccc2Cl)c2ncc(Br)cc12. The summed E-state index contributed by atoms with van der Waals surface area (Å²) in [6.07, 6.45) is 2.55. The number of benzene rings is 3. The molecule has 5 nitrogen and oxygen atoms in total. The van der Waals surface area contributed by atoms with Gasteiger partial charge >= 0.3 is 0 Å². The van der Waals surface area contributed by atoms with Crippen molar-refractivity contribution in [3.05, 3.63) is 122 Å². The Balaban J connectivity index is 1.59. The van der Waals surface area contributed by atoms with Gasteiger partial charge in [-0.25, -0.2) is 18.2 Å². The molecule has 0 aliphatic rings. The van der Waals surface area contributed by atoms with Gasteiger partial charge in [-0.3, -0.25) is 14.2 Å². The third-order valence-electron chi connectivity index (χ3n) is 5.64. The Morgan fingerprint density at radius 1 is 0.949 bits per heavy atom. The molecule has 0 bridgehead atoms. The molecule has 196 valence electrons. The minimum absolute atomic E-state index is 0.0283. The van der Waals surface area contributed by atoms with Gasteiger partial charge in [-0.15, -0.1) is 0 Å². The standard InChI is InChI=1S/C27H13BrCl2F3N3O2S/c28-13-9-16-17(12-36(26(16)34-11-13)27(38)22-18(29)5-2-6-19(22)30)25(37)23-20(32)7-8-21(24(23)33)35-39-15-4-1-3-14(31)10-15/h1-12,35H. The van der Waals surface area contributed by atoms with Crippen LogP contribution >= 0.6 is 51.1 Å². The van der Waals surface area contributed by atoms with Gasteiger partial charge in [0.05, 0.1) is 32.4 Å². The number of ketones is 1. The molecule has 0 spiro atoms. The monoisotopic (exact) mass is 649 g/mol. The van der Waals surface area contributed by atoms with Crippen LogP contribution in [0.15, 0.2) is 82.4 Å². The van der Waals surface area contributed by atoms with Gasteiger partial charge in [0.1, 0.15) is 17.3 Å². The average molecular weight is 651 g/mol. The normalized spacial score (nSPS) is 11.1. The molecule has 0 saturated heterocycles. The van der Waals surface area contributed by atoms with E-state index in [2.05, 4.69) is 25.6 Å². The Labute approximate surface area is 242 Å². The number of pyridine rings is 1. The topological polar surface area (TPSA) is 64.0 Å². The lowest BCUT2D eigenvalue weighted by molar-refractivity contribution is 0.0964. The Morgan fingerprint density at radius 2 is 1.67 bits per heavy atom. The maximum absolute atomic E-state index is 15.5. The molecule has 0 aliphatic carbocycles. The quantitative estimate of drug-likeness (QED) is 0.147. The summed E-state index contributed by atoms with van der Waals surface area (Å²) in [4.78, 5) is 31.7. The maximum Gasteiger partial charge on any atom is 0.266 e. The van der Waals surface area contributed by atoms with Crippen molar-refractivity contribution in [3.63, 3.8) is 0 Å². The Kier molecular flexibility index (Phi) is 7.73. The van der Waals surface area contributed by atoms with Gasteiger partial charge in [-0.05, 0) is 76.4 Å². The molecular formula is C27H13BrCl2F3N3O2S. The predicted octanol–water partition coefficient (Wildman–Crippen LogP) is 8.56. The van der Waals surface area contributed by atoms with Crippen molar-refractivity contribution in [2.45, 2.75) is 4.90 Å². The summed E-state index contributed by atoms with van der Waals surface area (Å²) in [5, 5.41) is 0.314. The third kappa shape index (κ3) is 5.29. The molecule has 5 rings (SSSR count). The lowest BCUT2D eigenvalue weighted by Crippen LogP contribution is -2.13. The van der Waals surface area contributed by atoms with Crippen LogP contribution in [0.4, 0.5) is 18.9 Å². The van der Waals surface area contributed by atoms with Crippen LogP contribution in [0.5, 0.6) is 0 Å². The van der Waals surface area contributed by atoms with Crippen molar-refractivity contribution in [3.8, 4) is 0 Å². The van der Waals surface area contributed by atoms with Gasteiger partial charge in [-0.1, -0.05) is 35.3 Å². The Morgan fingerprint density at radius 3 is 2.38 bits per heavy atom. The van der Waals surface area contributed by atoms with Gasteiger partial charge in [-0.2, -0.15) is 0 Å². The van der Waals surface area contributed by atoms with Gasteiger partial charge < -0.3 is 4.72 Å². The van der Waals surface area contributed by atoms with Crippen LogP contribution < -0.4 is 4.72 Å². The zero-order valence-corrected chi connectivity index (χ0v) is 23.2. The molecule has 0 atom stereocenters. The number of rotatable bonds is 6. The van der Waals surface area contributed by atoms with Gasteiger partial charge in [0.15, 0.2) is 5.82 Å². The number of aromatic nitrogens is 2. The number of hydrogen-bond donors (Lipinski definition) is 1. The first kappa shape index (κ1) is 27.3. The smallest absolute Gasteiger partial charge is 0.266 e. The first-order valence-corrected chi connectivity index (χ1v) is 13.4. The highest BCUT2D eigenvalue weighted by Gasteiger charge is 2.28. The van der Waals surface area contributed by atoms with E-state index in [9.17, 15) is 18.4 Å². The minimum atomic E-state index is -1.16. The highest BCUT2D eigenvalue weighted by Crippen LogP contribution is 2.33. The highest BCUT2D eigenvalue weighted by atomic mass is 79.9. The molecule has 0 saturated carbocycles. The van der Waals surface area contributed by atoms with E-state index in [1.54, 1.807) is 12.1 Å². The third-order valence-corrected chi connectivity index (χ3v) is 7.52. The van der Waals surface area contributed by atoms with E-state index in [0.717, 1.165) is 34.8 Å². The van der Waals surface area contributed by atoms with Gasteiger partial charge in [0, 0.05) is 27.1 Å². The van der Waals surface area contributed by atoms with Crippen LogP contribution in [0.2, 0.25) is 10.0 Å². The second-order valence-corrected chi connectivity index (χ2v) is 10.7. The fourth-order valence-electron chi connectivity index (χ4n) is 3.86. The number of halogens is 6. The molecule has 12 heteroatoms. The number of fused-ring (bicyclic) bond motifs is 1. The largest absolute Gasteiger partial charge is 0.323 e. The highest BCUT2D eigenvalue weighted by molar-refractivity contribution is 9.10. The lowest BCUT2D eigenvalue weighted by atomic mass is 10.0. The summed E-state index contributed by atoms with van der Waals surface area (Å²) in [5.74, 6) is -4.46. The molecule has 0 amide bonds. The van der Waals surface area contributed by atoms with Gasteiger partial charge in [0.25, 0.3) is 5.91 Å². The number of carbonyl (C=O) groups excluding carboxylic acids is 2.